The molecule has 1 aliphatic heterocycles. The van der Waals surface area contributed by atoms with Crippen molar-refractivity contribution in [3.05, 3.63) is 35.4 Å². The molecule has 0 amide bonds. The Morgan fingerprint density at radius 1 is 1.55 bits per heavy atom. The van der Waals surface area contributed by atoms with Crippen molar-refractivity contribution in [2.45, 2.75) is 25.8 Å². The summed E-state index contributed by atoms with van der Waals surface area (Å²) in [5.41, 5.74) is 7.34. The molecule has 0 saturated carbocycles. The van der Waals surface area contributed by atoms with Gasteiger partial charge in [0.15, 0.2) is 5.78 Å². The summed E-state index contributed by atoms with van der Waals surface area (Å²) in [7, 11) is 0. The van der Waals surface area contributed by atoms with Gasteiger partial charge in [0.25, 0.3) is 0 Å². The third-order valence-corrected chi connectivity index (χ3v) is 3.19. The normalized spacial score (nSPS) is 21.9. The first kappa shape index (κ1) is 14.3. The third kappa shape index (κ3) is 3.48. The predicted molar refractivity (Wildman–Crippen MR) is 72.4 cm³/mol. The molecule has 2 atom stereocenters. The molecule has 0 aromatic carbocycles. The van der Waals surface area contributed by atoms with Crippen molar-refractivity contribution in [3.8, 4) is 0 Å². The molecule has 108 valence electrons. The van der Waals surface area contributed by atoms with Crippen molar-refractivity contribution < 1.29 is 19.4 Å². The molecule has 0 bridgehead atoms. The number of rotatable bonds is 6. The Morgan fingerprint density at radius 3 is 2.95 bits per heavy atom. The fraction of sp³-hybridized carbons (Fsp3) is 0.429. The molecule has 2 rings (SSSR count). The molecule has 2 unspecified atom stereocenters. The van der Waals surface area contributed by atoms with Gasteiger partial charge in [0.1, 0.15) is 12.6 Å². The molecule has 1 heterocycles. The van der Waals surface area contributed by atoms with Gasteiger partial charge in [-0.15, -0.1) is 0 Å². The van der Waals surface area contributed by atoms with Crippen LogP contribution in [0.1, 0.15) is 19.8 Å². The van der Waals surface area contributed by atoms with Crippen LogP contribution < -0.4 is 11.1 Å². The fourth-order valence-electron chi connectivity index (χ4n) is 2.20. The molecule has 1 aliphatic carbocycles. The number of aliphatic carboxylic acids is 1. The van der Waals surface area contributed by atoms with Gasteiger partial charge in [0.2, 0.25) is 0 Å². The van der Waals surface area contributed by atoms with Crippen LogP contribution >= 0.6 is 0 Å². The lowest BCUT2D eigenvalue weighted by atomic mass is 9.97. The first-order valence-corrected chi connectivity index (χ1v) is 6.45. The Labute approximate surface area is 117 Å². The van der Waals surface area contributed by atoms with E-state index in [1.165, 1.54) is 6.92 Å². The van der Waals surface area contributed by atoms with E-state index in [9.17, 15) is 9.59 Å². The Hall–Kier alpha value is -2.08. The molecule has 2 aliphatic rings. The number of fused-ring (bicyclic) bond motifs is 1. The number of carboxylic acids is 1. The minimum atomic E-state index is -1.01. The number of carbonyl (C=O) groups excluding carboxylic acids is 1. The van der Waals surface area contributed by atoms with Gasteiger partial charge in [-0.05, 0) is 19.1 Å². The van der Waals surface area contributed by atoms with Crippen LogP contribution in [0, 0.1) is 5.92 Å². The number of ketones is 1. The summed E-state index contributed by atoms with van der Waals surface area (Å²) in [4.78, 5) is 21.6. The minimum absolute atomic E-state index is 0.0195. The second-order valence-electron chi connectivity index (χ2n) is 5.02. The zero-order valence-electron chi connectivity index (χ0n) is 11.3. The molecule has 0 aromatic rings. The van der Waals surface area contributed by atoms with Crippen molar-refractivity contribution >= 4 is 11.8 Å². The summed E-state index contributed by atoms with van der Waals surface area (Å²) in [6.45, 7) is 1.56. The summed E-state index contributed by atoms with van der Waals surface area (Å²) < 4.78 is 5.40. The quantitative estimate of drug-likeness (QED) is 0.660. The van der Waals surface area contributed by atoms with Crippen molar-refractivity contribution in [3.63, 3.8) is 0 Å². The second-order valence-corrected chi connectivity index (χ2v) is 5.02. The monoisotopic (exact) mass is 278 g/mol. The van der Waals surface area contributed by atoms with Gasteiger partial charge in [-0.3, -0.25) is 9.59 Å². The predicted octanol–water partition coefficient (Wildman–Crippen LogP) is 0.669. The van der Waals surface area contributed by atoms with Crippen LogP contribution in [-0.2, 0) is 14.3 Å². The van der Waals surface area contributed by atoms with Crippen LogP contribution in [0.4, 0.5) is 0 Å². The first-order chi connectivity index (χ1) is 9.45. The summed E-state index contributed by atoms with van der Waals surface area (Å²) in [6, 6.07) is -0.907. The Morgan fingerprint density at radius 2 is 2.30 bits per heavy atom. The molecular formula is C14H18N2O4. The van der Waals surface area contributed by atoms with Gasteiger partial charge in [0, 0.05) is 30.2 Å². The number of nitrogens with one attached hydrogen (secondary N) is 1. The fourth-order valence-corrected chi connectivity index (χ4v) is 2.20. The van der Waals surface area contributed by atoms with Gasteiger partial charge in [-0.25, -0.2) is 0 Å². The molecule has 4 N–H and O–H groups in total. The third-order valence-electron chi connectivity index (χ3n) is 3.19. The van der Waals surface area contributed by atoms with Crippen molar-refractivity contribution in [1.82, 2.24) is 5.32 Å². The largest absolute Gasteiger partial charge is 0.490 e. The molecule has 0 aromatic heterocycles. The van der Waals surface area contributed by atoms with Crippen LogP contribution in [0.2, 0.25) is 0 Å². The van der Waals surface area contributed by atoms with E-state index in [0.717, 1.165) is 17.2 Å². The van der Waals surface area contributed by atoms with E-state index in [4.69, 9.17) is 15.6 Å². The van der Waals surface area contributed by atoms with Crippen LogP contribution in [0.3, 0.4) is 0 Å². The highest BCUT2D eigenvalue weighted by molar-refractivity contribution is 5.76. The standard InChI is InChI=1S/C14H18N2O4/c1-8(17)7-20-11-2-3-13-9(5-11)4-10(16-13)6-12(15)14(18)19/h2-4,9,12,16H,5-7,15H2,1H3,(H,18,19). The number of carbonyl (C=O) groups is 2. The highest BCUT2D eigenvalue weighted by Gasteiger charge is 2.26. The number of hydrogen-bond acceptors (Lipinski definition) is 5. The number of carboxylic acid groups (broad SMARTS) is 1. The number of ether oxygens (including phenoxy) is 1. The lowest BCUT2D eigenvalue weighted by molar-refractivity contribution is -0.138. The van der Waals surface area contributed by atoms with E-state index < -0.39 is 12.0 Å². The molecule has 20 heavy (non-hydrogen) atoms. The average Bonchev–Trinajstić information content (AvgIpc) is 2.77. The van der Waals surface area contributed by atoms with E-state index in [2.05, 4.69) is 5.32 Å². The lowest BCUT2D eigenvalue weighted by Gasteiger charge is -2.18. The van der Waals surface area contributed by atoms with Crippen LogP contribution in [0.5, 0.6) is 0 Å². The van der Waals surface area contributed by atoms with Crippen molar-refractivity contribution in [1.29, 1.82) is 0 Å². The topological polar surface area (TPSA) is 102 Å². The first-order valence-electron chi connectivity index (χ1n) is 6.45. The van der Waals surface area contributed by atoms with Crippen molar-refractivity contribution in [2.24, 2.45) is 11.7 Å². The minimum Gasteiger partial charge on any atom is -0.490 e. The highest BCUT2D eigenvalue weighted by atomic mass is 16.5. The maximum Gasteiger partial charge on any atom is 0.320 e. The van der Waals surface area contributed by atoms with E-state index in [-0.39, 0.29) is 24.7 Å². The molecule has 0 spiro atoms. The SMILES string of the molecule is CC(=O)COC1=CC=C2NC(CC(N)C(=O)O)=CC2C1. The Balaban J connectivity index is 1.94. The number of Topliss-reactive ketones (excluding diaryl/α,β-unsaturated/α-hetero) is 1. The zero-order valence-corrected chi connectivity index (χ0v) is 11.3. The van der Waals surface area contributed by atoms with Crippen molar-refractivity contribution in [2.75, 3.05) is 6.61 Å². The van der Waals surface area contributed by atoms with Gasteiger partial charge < -0.3 is 20.9 Å². The van der Waals surface area contributed by atoms with Gasteiger partial charge in [-0.1, -0.05) is 6.08 Å². The number of nitrogens with two attached hydrogens (primary N) is 1. The smallest absolute Gasteiger partial charge is 0.320 e. The van der Waals surface area contributed by atoms with Gasteiger partial charge in [-0.2, -0.15) is 0 Å². The van der Waals surface area contributed by atoms with Crippen LogP contribution in [0.15, 0.2) is 35.4 Å². The highest BCUT2D eigenvalue weighted by Crippen LogP contribution is 2.32. The number of hydrogen-bond donors (Lipinski definition) is 3. The number of allylic oxidation sites excluding steroid dienone is 4. The Kier molecular flexibility index (Phi) is 4.24. The molecular weight excluding hydrogens is 260 g/mol. The maximum atomic E-state index is 10.9. The molecule has 0 saturated heterocycles. The summed E-state index contributed by atoms with van der Waals surface area (Å²) in [5, 5.41) is 12.0. The second kappa shape index (κ2) is 5.92. The van der Waals surface area contributed by atoms with E-state index >= 15 is 0 Å². The van der Waals surface area contributed by atoms with Crippen LogP contribution in [-0.4, -0.2) is 29.5 Å². The van der Waals surface area contributed by atoms with Crippen LogP contribution in [0.25, 0.3) is 0 Å². The van der Waals surface area contributed by atoms with E-state index in [1.54, 1.807) is 0 Å². The summed E-state index contributed by atoms with van der Waals surface area (Å²) in [6.07, 6.45) is 6.62. The van der Waals surface area contributed by atoms with Gasteiger partial charge >= 0.3 is 5.97 Å². The molecule has 6 heteroatoms. The Bertz CT molecular complexity index is 519. The molecule has 0 fully saturated rings. The zero-order chi connectivity index (χ0) is 14.7. The van der Waals surface area contributed by atoms with Gasteiger partial charge in [0.05, 0.1) is 5.76 Å². The molecule has 6 nitrogen and oxygen atoms in total. The summed E-state index contributed by atoms with van der Waals surface area (Å²) >= 11 is 0. The lowest BCUT2D eigenvalue weighted by Crippen LogP contribution is -2.31. The van der Waals surface area contributed by atoms with E-state index in [0.29, 0.717) is 6.42 Å². The average molecular weight is 278 g/mol. The molecule has 0 radical (unpaired) electrons. The summed E-state index contributed by atoms with van der Waals surface area (Å²) in [5.74, 6) is -0.136. The van der Waals surface area contributed by atoms with E-state index in [1.807, 2.05) is 18.2 Å². The maximum absolute atomic E-state index is 10.9.